The Balaban J connectivity index is 1.69. The highest BCUT2D eigenvalue weighted by atomic mass is 35.5. The van der Waals surface area contributed by atoms with Gasteiger partial charge in [0.25, 0.3) is 0 Å². The van der Waals surface area contributed by atoms with Gasteiger partial charge in [0.1, 0.15) is 0 Å². The monoisotopic (exact) mass is 451 g/mol. The zero-order valence-electron chi connectivity index (χ0n) is 17.4. The number of carbonyl (C=O) groups is 1. The third-order valence-electron chi connectivity index (χ3n) is 5.98. The first-order valence-corrected chi connectivity index (χ1v) is 10.8. The fraction of sp³-hybridized carbons (Fsp3) is 0.435. The van der Waals surface area contributed by atoms with Gasteiger partial charge < -0.3 is 15.1 Å². The van der Waals surface area contributed by atoms with Crippen LogP contribution in [-0.4, -0.2) is 37.6 Å². The van der Waals surface area contributed by atoms with Crippen LogP contribution < -0.4 is 15.1 Å². The predicted molar refractivity (Wildman–Crippen MR) is 117 cm³/mol. The maximum absolute atomic E-state index is 13.3. The largest absolute Gasteiger partial charge is 0.416 e. The van der Waals surface area contributed by atoms with Crippen LogP contribution in [0.3, 0.4) is 0 Å². The lowest BCUT2D eigenvalue weighted by Crippen LogP contribution is -2.61. The molecule has 1 saturated heterocycles. The average molecular weight is 452 g/mol. The predicted octanol–water partition coefficient (Wildman–Crippen LogP) is 4.75. The van der Waals surface area contributed by atoms with Gasteiger partial charge in [-0.05, 0) is 62.2 Å². The Morgan fingerprint density at radius 2 is 1.94 bits per heavy atom. The highest BCUT2D eigenvalue weighted by Gasteiger charge is 2.42. The molecule has 0 bridgehead atoms. The van der Waals surface area contributed by atoms with Gasteiger partial charge in [-0.1, -0.05) is 17.7 Å². The molecule has 0 aliphatic carbocycles. The van der Waals surface area contributed by atoms with Crippen molar-refractivity contribution in [3.8, 4) is 0 Å². The molecule has 0 aromatic heterocycles. The van der Waals surface area contributed by atoms with E-state index in [-0.39, 0.29) is 24.4 Å². The second-order valence-corrected chi connectivity index (χ2v) is 8.94. The number of fused-ring (bicyclic) bond motifs is 3. The van der Waals surface area contributed by atoms with Gasteiger partial charge in [0.05, 0.1) is 17.5 Å². The molecule has 4 nitrogen and oxygen atoms in total. The molecule has 4 rings (SSSR count). The van der Waals surface area contributed by atoms with E-state index in [9.17, 15) is 18.0 Å². The Kier molecular flexibility index (Phi) is 5.81. The molecule has 2 aromatic rings. The van der Waals surface area contributed by atoms with E-state index in [1.165, 1.54) is 6.07 Å². The van der Waals surface area contributed by atoms with Gasteiger partial charge in [-0.2, -0.15) is 13.2 Å². The molecule has 2 atom stereocenters. The summed E-state index contributed by atoms with van der Waals surface area (Å²) in [4.78, 5) is 17.3. The van der Waals surface area contributed by atoms with E-state index in [4.69, 9.17) is 11.6 Å². The van der Waals surface area contributed by atoms with E-state index in [1.54, 1.807) is 6.07 Å². The van der Waals surface area contributed by atoms with Crippen molar-refractivity contribution in [1.29, 1.82) is 0 Å². The summed E-state index contributed by atoms with van der Waals surface area (Å²) < 4.78 is 39.8. The van der Waals surface area contributed by atoms with Crippen molar-refractivity contribution in [3.63, 3.8) is 0 Å². The Labute approximate surface area is 185 Å². The zero-order chi connectivity index (χ0) is 22.3. The smallest absolute Gasteiger partial charge is 0.368 e. The van der Waals surface area contributed by atoms with E-state index < -0.39 is 17.7 Å². The second-order valence-electron chi connectivity index (χ2n) is 8.50. The van der Waals surface area contributed by atoms with Crippen molar-refractivity contribution >= 4 is 28.9 Å². The van der Waals surface area contributed by atoms with Crippen LogP contribution in [0.4, 0.5) is 24.5 Å². The van der Waals surface area contributed by atoms with Crippen LogP contribution in [-0.2, 0) is 17.4 Å². The third kappa shape index (κ3) is 4.47. The van der Waals surface area contributed by atoms with Crippen LogP contribution >= 0.6 is 11.6 Å². The molecule has 0 saturated carbocycles. The van der Waals surface area contributed by atoms with Crippen LogP contribution in [0, 0.1) is 5.92 Å². The number of piperazine rings is 1. The third-order valence-corrected chi connectivity index (χ3v) is 6.22. The summed E-state index contributed by atoms with van der Waals surface area (Å²) in [5, 5.41) is 3.60. The quantitative estimate of drug-likeness (QED) is 0.731. The average Bonchev–Trinajstić information content (AvgIpc) is 2.71. The zero-order valence-corrected chi connectivity index (χ0v) is 18.2. The van der Waals surface area contributed by atoms with E-state index >= 15 is 0 Å². The number of nitrogens with one attached hydrogen (secondary N) is 1. The van der Waals surface area contributed by atoms with Crippen molar-refractivity contribution < 1.29 is 18.0 Å². The van der Waals surface area contributed by atoms with Gasteiger partial charge in [0, 0.05) is 42.1 Å². The fourth-order valence-electron chi connectivity index (χ4n) is 4.60. The number of carbonyl (C=O) groups excluding carboxylic acids is 1. The van der Waals surface area contributed by atoms with Crippen molar-refractivity contribution in [2.45, 2.75) is 38.5 Å². The highest BCUT2D eigenvalue weighted by molar-refractivity contribution is 6.30. The number of hydrogen-bond acceptors (Lipinski definition) is 3. The number of benzene rings is 2. The van der Waals surface area contributed by atoms with Crippen LogP contribution in [0.2, 0.25) is 5.02 Å². The second kappa shape index (κ2) is 8.26. The number of hydrogen-bond donors (Lipinski definition) is 1. The fourth-order valence-corrected chi connectivity index (χ4v) is 4.78. The highest BCUT2D eigenvalue weighted by Crippen LogP contribution is 2.40. The van der Waals surface area contributed by atoms with Crippen molar-refractivity contribution in [1.82, 2.24) is 5.32 Å². The minimum atomic E-state index is -4.41. The van der Waals surface area contributed by atoms with Gasteiger partial charge in [-0.25, -0.2) is 0 Å². The maximum Gasteiger partial charge on any atom is 0.416 e. The van der Waals surface area contributed by atoms with E-state index in [2.05, 4.69) is 15.1 Å². The summed E-state index contributed by atoms with van der Waals surface area (Å²) in [6, 6.07) is 11.3. The summed E-state index contributed by atoms with van der Waals surface area (Å²) in [5.41, 5.74) is 1.67. The minimum Gasteiger partial charge on any atom is -0.368 e. The molecular weight excluding hydrogens is 427 g/mol. The van der Waals surface area contributed by atoms with Gasteiger partial charge >= 0.3 is 6.18 Å². The molecule has 2 unspecified atom stereocenters. The topological polar surface area (TPSA) is 35.6 Å². The lowest BCUT2D eigenvalue weighted by molar-refractivity contribution is -0.137. The van der Waals surface area contributed by atoms with E-state index in [0.717, 1.165) is 17.4 Å². The van der Waals surface area contributed by atoms with Crippen LogP contribution in [0.1, 0.15) is 25.0 Å². The van der Waals surface area contributed by atoms with E-state index in [0.29, 0.717) is 30.2 Å². The number of amides is 1. The van der Waals surface area contributed by atoms with Gasteiger partial charge in [0.15, 0.2) is 0 Å². The minimum absolute atomic E-state index is 0.0449. The molecule has 0 spiro atoms. The standard InChI is InChI=1S/C23H25ClF3N3O/c1-14(2)28-22(31)19-11-15-10-16(23(25,26)27)6-7-20(15)30-9-8-29(13-21(19)30)18-5-3-4-17(24)12-18/h3-7,10,12,14,19,21H,8-9,11,13H2,1-2H3,(H,28,31). The van der Waals surface area contributed by atoms with Gasteiger partial charge in [0.2, 0.25) is 5.91 Å². The molecule has 166 valence electrons. The van der Waals surface area contributed by atoms with Gasteiger partial charge in [-0.3, -0.25) is 4.79 Å². The first-order valence-electron chi connectivity index (χ1n) is 10.4. The normalized spacial score (nSPS) is 21.0. The molecule has 8 heteroatoms. The van der Waals surface area contributed by atoms with Gasteiger partial charge in [-0.15, -0.1) is 0 Å². The number of alkyl halides is 3. The summed E-state index contributed by atoms with van der Waals surface area (Å²) >= 11 is 6.16. The molecule has 2 aromatic carbocycles. The molecular formula is C23H25ClF3N3O. The first-order chi connectivity index (χ1) is 14.6. The lowest BCUT2D eigenvalue weighted by Gasteiger charge is -2.50. The first kappa shape index (κ1) is 21.8. The van der Waals surface area contributed by atoms with Crippen molar-refractivity contribution in [3.05, 3.63) is 58.6 Å². The molecule has 31 heavy (non-hydrogen) atoms. The number of rotatable bonds is 3. The Bertz CT molecular complexity index is 979. The summed E-state index contributed by atoms with van der Waals surface area (Å²) in [7, 11) is 0. The summed E-state index contributed by atoms with van der Waals surface area (Å²) in [6.07, 6.45) is -4.13. The number of anilines is 2. The van der Waals surface area contributed by atoms with Crippen molar-refractivity contribution in [2.75, 3.05) is 29.4 Å². The molecule has 2 aliphatic rings. The Morgan fingerprint density at radius 3 is 2.61 bits per heavy atom. The van der Waals surface area contributed by atoms with E-state index in [1.807, 2.05) is 38.1 Å². The lowest BCUT2D eigenvalue weighted by atomic mass is 9.82. The summed E-state index contributed by atoms with van der Waals surface area (Å²) in [6.45, 7) is 5.66. The molecule has 1 amide bonds. The van der Waals surface area contributed by atoms with Crippen LogP contribution in [0.25, 0.3) is 0 Å². The maximum atomic E-state index is 13.3. The molecule has 0 radical (unpaired) electrons. The van der Waals surface area contributed by atoms with Crippen LogP contribution in [0.5, 0.6) is 0 Å². The number of nitrogens with zero attached hydrogens (tertiary/aromatic N) is 2. The molecule has 2 aliphatic heterocycles. The number of halogens is 4. The molecule has 1 N–H and O–H groups in total. The molecule has 2 heterocycles. The van der Waals surface area contributed by atoms with Crippen molar-refractivity contribution in [2.24, 2.45) is 5.92 Å². The Hall–Kier alpha value is -2.41. The van der Waals surface area contributed by atoms with Crippen LogP contribution in [0.15, 0.2) is 42.5 Å². The molecule has 1 fully saturated rings. The SMILES string of the molecule is CC(C)NC(=O)C1Cc2cc(C(F)(F)F)ccc2N2CCN(c3cccc(Cl)c3)CC12. The summed E-state index contributed by atoms with van der Waals surface area (Å²) in [5.74, 6) is -0.568. The Morgan fingerprint density at radius 1 is 1.16 bits per heavy atom.